The minimum absolute atomic E-state index is 0.338. The van der Waals surface area contributed by atoms with Crippen molar-refractivity contribution >= 4 is 33.1 Å². The van der Waals surface area contributed by atoms with Crippen molar-refractivity contribution in [3.8, 4) is 0 Å². The summed E-state index contributed by atoms with van der Waals surface area (Å²) < 4.78 is 6.15. The SMILES string of the molecule is CCOC(=O)/C(=C/N(C)C)c1nc2ccccc2s1. The lowest BCUT2D eigenvalue weighted by atomic mass is 10.3. The molecule has 1 aromatic heterocycles. The zero-order valence-electron chi connectivity index (χ0n) is 11.2. The first-order valence-corrected chi connectivity index (χ1v) is 6.84. The number of carbonyl (C=O) groups is 1. The molecule has 100 valence electrons. The zero-order chi connectivity index (χ0) is 13.8. The first-order chi connectivity index (χ1) is 9.11. The maximum absolute atomic E-state index is 12.0. The summed E-state index contributed by atoms with van der Waals surface area (Å²) in [6, 6.07) is 7.83. The molecule has 2 rings (SSSR count). The molecule has 0 N–H and O–H groups in total. The number of para-hydroxylation sites is 1. The van der Waals surface area contributed by atoms with Gasteiger partial charge in [0.05, 0.1) is 16.8 Å². The third-order valence-electron chi connectivity index (χ3n) is 2.41. The molecular formula is C14H16N2O2S. The summed E-state index contributed by atoms with van der Waals surface area (Å²) >= 11 is 1.49. The quantitative estimate of drug-likeness (QED) is 0.636. The van der Waals surface area contributed by atoms with Gasteiger partial charge in [0.2, 0.25) is 0 Å². The third-order valence-corrected chi connectivity index (χ3v) is 3.48. The van der Waals surface area contributed by atoms with Crippen molar-refractivity contribution in [2.24, 2.45) is 0 Å². The van der Waals surface area contributed by atoms with Crippen LogP contribution in [0.5, 0.6) is 0 Å². The van der Waals surface area contributed by atoms with Gasteiger partial charge in [-0.3, -0.25) is 0 Å². The van der Waals surface area contributed by atoms with Crippen molar-refractivity contribution < 1.29 is 9.53 Å². The van der Waals surface area contributed by atoms with E-state index in [1.165, 1.54) is 11.3 Å². The Morgan fingerprint density at radius 1 is 1.42 bits per heavy atom. The number of aromatic nitrogens is 1. The number of rotatable bonds is 4. The number of hydrogen-bond donors (Lipinski definition) is 0. The molecule has 0 saturated carbocycles. The summed E-state index contributed by atoms with van der Waals surface area (Å²) in [7, 11) is 3.74. The van der Waals surface area contributed by atoms with Crippen LogP contribution < -0.4 is 0 Å². The summed E-state index contributed by atoms with van der Waals surface area (Å²) in [4.78, 5) is 18.3. The number of thiazole rings is 1. The topological polar surface area (TPSA) is 42.4 Å². The molecule has 0 aliphatic heterocycles. The van der Waals surface area contributed by atoms with Crippen LogP contribution in [0.25, 0.3) is 15.8 Å². The molecule has 0 radical (unpaired) electrons. The molecule has 1 heterocycles. The summed E-state index contributed by atoms with van der Waals surface area (Å²) in [5, 5.41) is 0.688. The maximum atomic E-state index is 12.0. The Morgan fingerprint density at radius 3 is 2.79 bits per heavy atom. The average Bonchev–Trinajstić information content (AvgIpc) is 2.79. The summed E-state index contributed by atoms with van der Waals surface area (Å²) in [6.45, 7) is 2.15. The number of benzene rings is 1. The average molecular weight is 276 g/mol. The number of hydrogen-bond acceptors (Lipinski definition) is 5. The van der Waals surface area contributed by atoms with Crippen LogP contribution in [0, 0.1) is 0 Å². The monoisotopic (exact) mass is 276 g/mol. The van der Waals surface area contributed by atoms with Gasteiger partial charge in [0.25, 0.3) is 0 Å². The van der Waals surface area contributed by atoms with E-state index in [0.717, 1.165) is 10.2 Å². The molecule has 5 heteroatoms. The second kappa shape index (κ2) is 5.84. The van der Waals surface area contributed by atoms with Crippen LogP contribution in [0.3, 0.4) is 0 Å². The Bertz CT molecular complexity index is 584. The highest BCUT2D eigenvalue weighted by Gasteiger charge is 2.18. The Labute approximate surface area is 116 Å². The second-order valence-corrected chi connectivity index (χ2v) is 5.24. The van der Waals surface area contributed by atoms with Gasteiger partial charge in [-0.05, 0) is 19.1 Å². The van der Waals surface area contributed by atoms with E-state index in [1.807, 2.05) is 43.3 Å². The van der Waals surface area contributed by atoms with E-state index in [2.05, 4.69) is 4.98 Å². The fraction of sp³-hybridized carbons (Fsp3) is 0.286. The minimum atomic E-state index is -0.338. The Balaban J connectivity index is 2.45. The molecule has 0 aliphatic carbocycles. The number of fused-ring (bicyclic) bond motifs is 1. The molecule has 19 heavy (non-hydrogen) atoms. The van der Waals surface area contributed by atoms with Gasteiger partial charge < -0.3 is 9.64 Å². The zero-order valence-corrected chi connectivity index (χ0v) is 12.0. The lowest BCUT2D eigenvalue weighted by Crippen LogP contribution is -2.11. The lowest BCUT2D eigenvalue weighted by molar-refractivity contribution is -0.136. The summed E-state index contributed by atoms with van der Waals surface area (Å²) in [5.41, 5.74) is 1.39. The van der Waals surface area contributed by atoms with Gasteiger partial charge >= 0.3 is 5.97 Å². The molecule has 0 bridgehead atoms. The molecule has 0 amide bonds. The smallest absolute Gasteiger partial charge is 0.342 e. The van der Waals surface area contributed by atoms with E-state index in [0.29, 0.717) is 17.2 Å². The predicted molar refractivity (Wildman–Crippen MR) is 77.9 cm³/mol. The highest BCUT2D eigenvalue weighted by molar-refractivity contribution is 7.19. The largest absolute Gasteiger partial charge is 0.462 e. The highest BCUT2D eigenvalue weighted by Crippen LogP contribution is 2.27. The van der Waals surface area contributed by atoms with Crippen molar-refractivity contribution in [2.75, 3.05) is 20.7 Å². The van der Waals surface area contributed by atoms with Gasteiger partial charge in [0, 0.05) is 20.3 Å². The third kappa shape index (κ3) is 3.12. The minimum Gasteiger partial charge on any atom is -0.462 e. The molecule has 0 atom stereocenters. The fourth-order valence-electron chi connectivity index (χ4n) is 1.65. The number of ether oxygens (including phenoxy) is 1. The summed E-state index contributed by atoms with van der Waals surface area (Å²) in [6.07, 6.45) is 1.75. The summed E-state index contributed by atoms with van der Waals surface area (Å²) in [5.74, 6) is -0.338. The molecule has 0 saturated heterocycles. The van der Waals surface area contributed by atoms with Crippen molar-refractivity contribution in [1.82, 2.24) is 9.88 Å². The van der Waals surface area contributed by atoms with Gasteiger partial charge in [-0.2, -0.15) is 0 Å². The first kappa shape index (κ1) is 13.5. The van der Waals surface area contributed by atoms with E-state index >= 15 is 0 Å². The van der Waals surface area contributed by atoms with Crippen molar-refractivity contribution in [3.63, 3.8) is 0 Å². The Kier molecular flexibility index (Phi) is 4.16. The number of carbonyl (C=O) groups excluding carboxylic acids is 1. The van der Waals surface area contributed by atoms with Crippen molar-refractivity contribution in [3.05, 3.63) is 35.5 Å². The van der Waals surface area contributed by atoms with Gasteiger partial charge in [0.15, 0.2) is 0 Å². The van der Waals surface area contributed by atoms with Crippen LogP contribution in [0.1, 0.15) is 11.9 Å². The molecule has 0 spiro atoms. The molecule has 4 nitrogen and oxygen atoms in total. The van der Waals surface area contributed by atoms with Crippen LogP contribution in [0.15, 0.2) is 30.5 Å². The maximum Gasteiger partial charge on any atom is 0.342 e. The van der Waals surface area contributed by atoms with E-state index in [4.69, 9.17) is 4.74 Å². The lowest BCUT2D eigenvalue weighted by Gasteiger charge is -2.09. The van der Waals surface area contributed by atoms with Crippen molar-refractivity contribution in [2.45, 2.75) is 6.92 Å². The van der Waals surface area contributed by atoms with Gasteiger partial charge in [-0.25, -0.2) is 9.78 Å². The van der Waals surface area contributed by atoms with E-state index in [1.54, 1.807) is 13.1 Å². The number of nitrogens with zero attached hydrogens (tertiary/aromatic N) is 2. The molecule has 1 aromatic carbocycles. The van der Waals surface area contributed by atoms with Crippen LogP contribution >= 0.6 is 11.3 Å². The number of esters is 1. The van der Waals surface area contributed by atoms with Gasteiger partial charge in [-0.15, -0.1) is 11.3 Å². The standard InChI is InChI=1S/C14H16N2O2S/c1-4-18-14(17)10(9-16(2)3)13-15-11-7-5-6-8-12(11)19-13/h5-9H,4H2,1-3H3/b10-9+. The van der Waals surface area contributed by atoms with Crippen LogP contribution in [0.4, 0.5) is 0 Å². The Hall–Kier alpha value is -1.88. The highest BCUT2D eigenvalue weighted by atomic mass is 32.1. The second-order valence-electron chi connectivity index (χ2n) is 4.21. The van der Waals surface area contributed by atoms with Gasteiger partial charge in [0.1, 0.15) is 10.6 Å². The van der Waals surface area contributed by atoms with Crippen molar-refractivity contribution in [1.29, 1.82) is 0 Å². The molecule has 0 unspecified atom stereocenters. The van der Waals surface area contributed by atoms with E-state index in [-0.39, 0.29) is 5.97 Å². The van der Waals surface area contributed by atoms with Crippen LogP contribution in [-0.2, 0) is 9.53 Å². The molecule has 0 fully saturated rings. The normalized spacial score (nSPS) is 11.6. The predicted octanol–water partition coefficient (Wildman–Crippen LogP) is 2.76. The Morgan fingerprint density at radius 2 is 2.16 bits per heavy atom. The molecule has 2 aromatic rings. The first-order valence-electron chi connectivity index (χ1n) is 6.03. The van der Waals surface area contributed by atoms with E-state index < -0.39 is 0 Å². The molecule has 0 aliphatic rings. The fourth-order valence-corrected chi connectivity index (χ4v) is 2.61. The van der Waals surface area contributed by atoms with Crippen LogP contribution in [0.2, 0.25) is 0 Å². The molecular weight excluding hydrogens is 260 g/mol. The van der Waals surface area contributed by atoms with E-state index in [9.17, 15) is 4.79 Å². The van der Waals surface area contributed by atoms with Crippen LogP contribution in [-0.4, -0.2) is 36.6 Å². The van der Waals surface area contributed by atoms with Gasteiger partial charge in [-0.1, -0.05) is 12.1 Å².